The molecule has 0 aliphatic rings. The van der Waals surface area contributed by atoms with Gasteiger partial charge in [-0.05, 0) is 6.92 Å². The molecule has 4 nitrogen and oxygen atoms in total. The first kappa shape index (κ1) is 8.52. The highest BCUT2D eigenvalue weighted by Crippen LogP contribution is 2.09. The normalized spacial score (nSPS) is 9.42. The second kappa shape index (κ2) is 3.71. The average Bonchev–Trinajstić information content (AvgIpc) is 1.99. The lowest BCUT2D eigenvalue weighted by Crippen LogP contribution is -2.00. The second-order valence-corrected chi connectivity index (χ2v) is 2.28. The summed E-state index contributed by atoms with van der Waals surface area (Å²) in [6.45, 7) is 5.71. The zero-order chi connectivity index (χ0) is 8.97. The van der Waals surface area contributed by atoms with E-state index in [2.05, 4.69) is 16.5 Å². The molecular formula is C8H11N3O. The first-order chi connectivity index (χ1) is 5.72. The quantitative estimate of drug-likeness (QED) is 0.677. The largest absolute Gasteiger partial charge is 0.473 e. The van der Waals surface area contributed by atoms with E-state index in [1.807, 2.05) is 0 Å². The monoisotopic (exact) mass is 165 g/mol. The van der Waals surface area contributed by atoms with Gasteiger partial charge in [-0.2, -0.15) is 4.98 Å². The second-order valence-electron chi connectivity index (χ2n) is 2.28. The first-order valence-corrected chi connectivity index (χ1v) is 3.57. The number of anilines is 1. The van der Waals surface area contributed by atoms with Crippen molar-refractivity contribution in [1.29, 1.82) is 0 Å². The minimum absolute atomic E-state index is 0.418. The number of nitrogen functional groups attached to an aromatic ring is 1. The van der Waals surface area contributed by atoms with Crippen LogP contribution in [0.4, 0.5) is 5.82 Å². The van der Waals surface area contributed by atoms with Gasteiger partial charge in [0, 0.05) is 6.07 Å². The summed E-state index contributed by atoms with van der Waals surface area (Å²) in [4.78, 5) is 7.91. The maximum absolute atomic E-state index is 5.47. The summed E-state index contributed by atoms with van der Waals surface area (Å²) >= 11 is 0. The molecule has 1 aromatic rings. The first-order valence-electron chi connectivity index (χ1n) is 3.57. The SMILES string of the molecule is C=CCOc1cc(N)nc(C)n1. The Hall–Kier alpha value is -1.58. The van der Waals surface area contributed by atoms with Crippen molar-refractivity contribution in [1.82, 2.24) is 9.97 Å². The topological polar surface area (TPSA) is 61.0 Å². The highest BCUT2D eigenvalue weighted by Gasteiger charge is 1.97. The van der Waals surface area contributed by atoms with E-state index in [0.717, 1.165) is 0 Å². The Kier molecular flexibility index (Phi) is 2.63. The number of ether oxygens (including phenoxy) is 1. The van der Waals surface area contributed by atoms with Gasteiger partial charge in [-0.1, -0.05) is 12.7 Å². The Morgan fingerprint density at radius 3 is 3.00 bits per heavy atom. The smallest absolute Gasteiger partial charge is 0.219 e. The van der Waals surface area contributed by atoms with Gasteiger partial charge in [0.05, 0.1) is 0 Å². The molecule has 2 N–H and O–H groups in total. The predicted molar refractivity (Wildman–Crippen MR) is 46.9 cm³/mol. The van der Waals surface area contributed by atoms with Crippen LogP contribution >= 0.6 is 0 Å². The van der Waals surface area contributed by atoms with Crippen LogP contribution in [0.15, 0.2) is 18.7 Å². The number of aryl methyl sites for hydroxylation is 1. The van der Waals surface area contributed by atoms with Crippen molar-refractivity contribution < 1.29 is 4.74 Å². The minimum Gasteiger partial charge on any atom is -0.473 e. The van der Waals surface area contributed by atoms with Crippen LogP contribution in [0.25, 0.3) is 0 Å². The van der Waals surface area contributed by atoms with Crippen molar-refractivity contribution in [3.8, 4) is 5.88 Å². The molecule has 1 rings (SSSR count). The van der Waals surface area contributed by atoms with Gasteiger partial charge in [-0.3, -0.25) is 0 Å². The molecule has 0 saturated heterocycles. The highest BCUT2D eigenvalue weighted by atomic mass is 16.5. The number of rotatable bonds is 3. The summed E-state index contributed by atoms with van der Waals surface area (Å²) in [7, 11) is 0. The summed E-state index contributed by atoms with van der Waals surface area (Å²) in [5.41, 5.74) is 5.47. The predicted octanol–water partition coefficient (Wildman–Crippen LogP) is 0.932. The fraction of sp³-hybridized carbons (Fsp3) is 0.250. The third-order valence-corrected chi connectivity index (χ3v) is 1.18. The number of aromatic nitrogens is 2. The van der Waals surface area contributed by atoms with E-state index in [1.54, 1.807) is 19.1 Å². The average molecular weight is 165 g/mol. The van der Waals surface area contributed by atoms with Crippen molar-refractivity contribution in [3.05, 3.63) is 24.5 Å². The van der Waals surface area contributed by atoms with E-state index < -0.39 is 0 Å². The summed E-state index contributed by atoms with van der Waals surface area (Å²) in [6, 6.07) is 1.58. The van der Waals surface area contributed by atoms with Crippen LogP contribution in [0.1, 0.15) is 5.82 Å². The van der Waals surface area contributed by atoms with Gasteiger partial charge in [-0.15, -0.1) is 0 Å². The van der Waals surface area contributed by atoms with E-state index in [1.165, 1.54) is 0 Å². The molecule has 0 radical (unpaired) electrons. The number of hydrogen-bond donors (Lipinski definition) is 1. The maximum Gasteiger partial charge on any atom is 0.219 e. The molecule has 1 heterocycles. The molecule has 12 heavy (non-hydrogen) atoms. The lowest BCUT2D eigenvalue weighted by atomic mass is 10.5. The molecule has 0 saturated carbocycles. The van der Waals surface area contributed by atoms with Crippen LogP contribution in [0.5, 0.6) is 5.88 Å². The zero-order valence-electron chi connectivity index (χ0n) is 6.95. The van der Waals surface area contributed by atoms with Gasteiger partial charge < -0.3 is 10.5 Å². The van der Waals surface area contributed by atoms with Crippen LogP contribution in [0.3, 0.4) is 0 Å². The maximum atomic E-state index is 5.47. The van der Waals surface area contributed by atoms with Gasteiger partial charge in [0.25, 0.3) is 0 Å². The molecule has 64 valence electrons. The Labute approximate surface area is 71.1 Å². The van der Waals surface area contributed by atoms with Crippen LogP contribution in [0.2, 0.25) is 0 Å². The molecule has 0 atom stereocenters. The molecule has 0 aromatic carbocycles. The van der Waals surface area contributed by atoms with E-state index in [-0.39, 0.29) is 0 Å². The number of nitrogens with zero attached hydrogens (tertiary/aromatic N) is 2. The fourth-order valence-electron chi connectivity index (χ4n) is 0.781. The molecule has 1 aromatic heterocycles. The van der Waals surface area contributed by atoms with Gasteiger partial charge in [0.15, 0.2) is 0 Å². The van der Waals surface area contributed by atoms with Crippen molar-refractivity contribution in [2.75, 3.05) is 12.3 Å². The Morgan fingerprint density at radius 2 is 2.42 bits per heavy atom. The van der Waals surface area contributed by atoms with E-state index in [4.69, 9.17) is 10.5 Å². The van der Waals surface area contributed by atoms with Crippen molar-refractivity contribution in [3.63, 3.8) is 0 Å². The van der Waals surface area contributed by atoms with Crippen LogP contribution in [0, 0.1) is 6.92 Å². The van der Waals surface area contributed by atoms with Crippen LogP contribution in [-0.4, -0.2) is 16.6 Å². The van der Waals surface area contributed by atoms with Gasteiger partial charge in [0.1, 0.15) is 18.2 Å². The number of nitrogens with two attached hydrogens (primary N) is 1. The van der Waals surface area contributed by atoms with Gasteiger partial charge >= 0.3 is 0 Å². The fourth-order valence-corrected chi connectivity index (χ4v) is 0.781. The molecule has 0 aliphatic heterocycles. The summed E-state index contributed by atoms with van der Waals surface area (Å²) < 4.78 is 5.17. The van der Waals surface area contributed by atoms with E-state index in [9.17, 15) is 0 Å². The van der Waals surface area contributed by atoms with Crippen LogP contribution < -0.4 is 10.5 Å². The lowest BCUT2D eigenvalue weighted by Gasteiger charge is -2.02. The third-order valence-electron chi connectivity index (χ3n) is 1.18. The standard InChI is InChI=1S/C8H11N3O/c1-3-4-12-8-5-7(9)10-6(2)11-8/h3,5H,1,4H2,2H3,(H2,9,10,11). The number of hydrogen-bond acceptors (Lipinski definition) is 4. The van der Waals surface area contributed by atoms with Crippen LogP contribution in [-0.2, 0) is 0 Å². The lowest BCUT2D eigenvalue weighted by molar-refractivity contribution is 0.347. The molecule has 4 heteroatoms. The zero-order valence-corrected chi connectivity index (χ0v) is 6.95. The van der Waals surface area contributed by atoms with E-state index in [0.29, 0.717) is 24.1 Å². The molecule has 0 bridgehead atoms. The summed E-state index contributed by atoms with van der Waals surface area (Å²) in [5, 5.41) is 0. The molecule has 0 spiro atoms. The summed E-state index contributed by atoms with van der Waals surface area (Å²) in [5.74, 6) is 1.51. The van der Waals surface area contributed by atoms with Gasteiger partial charge in [0.2, 0.25) is 5.88 Å². The Morgan fingerprint density at radius 1 is 1.67 bits per heavy atom. The highest BCUT2D eigenvalue weighted by molar-refractivity contribution is 5.32. The third kappa shape index (κ3) is 2.23. The minimum atomic E-state index is 0.418. The van der Waals surface area contributed by atoms with Crippen molar-refractivity contribution >= 4 is 5.82 Å². The molecular weight excluding hydrogens is 154 g/mol. The Balaban J connectivity index is 2.78. The molecule has 0 amide bonds. The van der Waals surface area contributed by atoms with Crippen molar-refractivity contribution in [2.24, 2.45) is 0 Å². The summed E-state index contributed by atoms with van der Waals surface area (Å²) in [6.07, 6.45) is 1.65. The molecule has 0 unspecified atom stereocenters. The molecule has 0 aliphatic carbocycles. The van der Waals surface area contributed by atoms with E-state index >= 15 is 0 Å². The Bertz CT molecular complexity index is 265. The molecule has 0 fully saturated rings. The van der Waals surface area contributed by atoms with Gasteiger partial charge in [-0.25, -0.2) is 4.98 Å². The van der Waals surface area contributed by atoms with Crippen molar-refractivity contribution in [2.45, 2.75) is 6.92 Å².